The van der Waals surface area contributed by atoms with E-state index in [0.717, 1.165) is 15.8 Å². The number of aryl methyl sites for hydroxylation is 1. The minimum atomic E-state index is -3.81. The van der Waals surface area contributed by atoms with Crippen LogP contribution in [0, 0.1) is 6.92 Å². The van der Waals surface area contributed by atoms with Crippen molar-refractivity contribution in [2.75, 3.05) is 7.11 Å². The highest BCUT2D eigenvalue weighted by Crippen LogP contribution is 2.24. The molecule has 0 bridgehead atoms. The Morgan fingerprint density at radius 3 is 2.48 bits per heavy atom. The minimum Gasteiger partial charge on any atom is -0.497 e. The average Bonchev–Trinajstić information content (AvgIpc) is 3.27. The molecule has 0 fully saturated rings. The van der Waals surface area contributed by atoms with Crippen molar-refractivity contribution in [1.82, 2.24) is 9.29 Å². The van der Waals surface area contributed by atoms with E-state index < -0.39 is 10.0 Å². The molecule has 0 radical (unpaired) electrons. The molecule has 6 nitrogen and oxygen atoms in total. The number of nitrogens with zero attached hydrogens (tertiary/aromatic N) is 1. The van der Waals surface area contributed by atoms with Crippen LogP contribution in [0.4, 0.5) is 0 Å². The van der Waals surface area contributed by atoms with E-state index in [0.29, 0.717) is 16.8 Å². The summed E-state index contributed by atoms with van der Waals surface area (Å²) in [6.45, 7) is 2.06. The Hall–Kier alpha value is -2.94. The highest BCUT2D eigenvalue weighted by atomic mass is 32.2. The monoisotopic (exact) mass is 454 g/mol. The number of H-pyrrole nitrogens is 1. The molecule has 0 aliphatic carbocycles. The van der Waals surface area contributed by atoms with Crippen molar-refractivity contribution < 1.29 is 13.2 Å². The lowest BCUT2D eigenvalue weighted by Crippen LogP contribution is -2.32. The number of aromatic amines is 1. The van der Waals surface area contributed by atoms with E-state index in [4.69, 9.17) is 4.74 Å². The highest BCUT2D eigenvalue weighted by molar-refractivity contribution is 7.89. The number of fused-ring (bicyclic) bond motifs is 1. The summed E-state index contributed by atoms with van der Waals surface area (Å²) in [7, 11) is -2.24. The molecule has 4 rings (SSSR count). The van der Waals surface area contributed by atoms with Gasteiger partial charge >= 0.3 is 0 Å². The number of hydrogen-bond donors (Lipinski definition) is 1. The first-order chi connectivity index (χ1) is 14.9. The molecule has 0 unspecified atom stereocenters. The zero-order valence-corrected chi connectivity index (χ0v) is 18.8. The summed E-state index contributed by atoms with van der Waals surface area (Å²) in [5, 5.41) is 2.71. The van der Waals surface area contributed by atoms with Crippen molar-refractivity contribution in [3.8, 4) is 5.75 Å². The van der Waals surface area contributed by atoms with Gasteiger partial charge in [0.05, 0.1) is 17.5 Å². The standard InChI is InChI=1S/C23H22N2O4S2/c1-16-5-9-21(10-6-16)31(27,28)25(15-20-4-3-11-30-20)14-18-12-17-7-8-19(29-2)13-22(17)24-23(18)26/h3-13H,14-15H2,1-2H3,(H,24,26). The first kappa shape index (κ1) is 21.3. The van der Waals surface area contributed by atoms with Gasteiger partial charge in [0.1, 0.15) is 5.75 Å². The maximum absolute atomic E-state index is 13.4. The molecule has 0 amide bonds. The summed E-state index contributed by atoms with van der Waals surface area (Å²) in [5.74, 6) is 0.636. The average molecular weight is 455 g/mol. The van der Waals surface area contributed by atoms with Crippen LogP contribution in [0.5, 0.6) is 5.75 Å². The van der Waals surface area contributed by atoms with E-state index >= 15 is 0 Å². The van der Waals surface area contributed by atoms with E-state index in [-0.39, 0.29) is 23.5 Å². The summed E-state index contributed by atoms with van der Waals surface area (Å²) >= 11 is 1.48. The van der Waals surface area contributed by atoms with Gasteiger partial charge in [0.25, 0.3) is 5.56 Å². The van der Waals surface area contributed by atoms with Gasteiger partial charge in [-0.05, 0) is 54.1 Å². The van der Waals surface area contributed by atoms with Gasteiger partial charge in [0.2, 0.25) is 10.0 Å². The molecule has 1 N–H and O–H groups in total. The van der Waals surface area contributed by atoms with Crippen molar-refractivity contribution in [2.45, 2.75) is 24.9 Å². The Bertz CT molecular complexity index is 1360. The number of sulfonamides is 1. The molecule has 0 spiro atoms. The zero-order chi connectivity index (χ0) is 22.0. The van der Waals surface area contributed by atoms with Gasteiger partial charge in [0.15, 0.2) is 0 Å². The number of aromatic nitrogens is 1. The number of hydrogen-bond acceptors (Lipinski definition) is 5. The van der Waals surface area contributed by atoms with Crippen LogP contribution in [0.15, 0.2) is 75.7 Å². The second-order valence-electron chi connectivity index (χ2n) is 7.24. The van der Waals surface area contributed by atoms with Crippen LogP contribution in [0.25, 0.3) is 10.9 Å². The van der Waals surface area contributed by atoms with E-state index in [9.17, 15) is 13.2 Å². The summed E-state index contributed by atoms with van der Waals surface area (Å²) in [6, 6.07) is 17.6. The number of nitrogens with one attached hydrogen (secondary N) is 1. The Kier molecular flexibility index (Phi) is 5.95. The maximum atomic E-state index is 13.4. The molecule has 0 atom stereocenters. The molecule has 4 aromatic rings. The third-order valence-corrected chi connectivity index (χ3v) is 7.71. The normalized spacial score (nSPS) is 11.8. The van der Waals surface area contributed by atoms with E-state index in [1.807, 2.05) is 30.5 Å². The molecule has 0 aliphatic rings. The SMILES string of the molecule is COc1ccc2cc(CN(Cc3cccs3)S(=O)(=O)c3ccc(C)cc3)c(=O)[nH]c2c1. The van der Waals surface area contributed by atoms with Crippen molar-refractivity contribution in [1.29, 1.82) is 0 Å². The van der Waals surface area contributed by atoms with E-state index in [1.165, 1.54) is 15.6 Å². The molecule has 0 saturated carbocycles. The number of ether oxygens (including phenoxy) is 1. The summed E-state index contributed by atoms with van der Waals surface area (Å²) in [4.78, 5) is 16.7. The molecule has 2 aromatic heterocycles. The fourth-order valence-corrected chi connectivity index (χ4v) is 5.52. The second-order valence-corrected chi connectivity index (χ2v) is 10.2. The lowest BCUT2D eigenvalue weighted by molar-refractivity contribution is 0.402. The topological polar surface area (TPSA) is 79.5 Å². The van der Waals surface area contributed by atoms with Crippen LogP contribution in [-0.2, 0) is 23.1 Å². The molecule has 0 aliphatic heterocycles. The van der Waals surface area contributed by atoms with E-state index in [1.54, 1.807) is 49.6 Å². The first-order valence-electron chi connectivity index (χ1n) is 9.66. The van der Waals surface area contributed by atoms with Crippen LogP contribution in [0.2, 0.25) is 0 Å². The molecule has 8 heteroatoms. The van der Waals surface area contributed by atoms with Gasteiger partial charge in [-0.2, -0.15) is 4.31 Å². The molecule has 0 saturated heterocycles. The summed E-state index contributed by atoms with van der Waals surface area (Å²) in [6.07, 6.45) is 0. The predicted molar refractivity (Wildman–Crippen MR) is 123 cm³/mol. The van der Waals surface area contributed by atoms with E-state index in [2.05, 4.69) is 4.98 Å². The minimum absolute atomic E-state index is 0.0363. The van der Waals surface area contributed by atoms with Crippen molar-refractivity contribution in [2.24, 2.45) is 0 Å². The van der Waals surface area contributed by atoms with Crippen LogP contribution < -0.4 is 10.3 Å². The quantitative estimate of drug-likeness (QED) is 0.452. The van der Waals surface area contributed by atoms with Gasteiger partial charge in [-0.1, -0.05) is 23.8 Å². The lowest BCUT2D eigenvalue weighted by Gasteiger charge is -2.22. The third-order valence-electron chi connectivity index (χ3n) is 5.05. The van der Waals surface area contributed by atoms with Crippen LogP contribution in [-0.4, -0.2) is 24.8 Å². The second kappa shape index (κ2) is 8.66. The number of methoxy groups -OCH3 is 1. The van der Waals surface area contributed by atoms with Gasteiger partial charge < -0.3 is 9.72 Å². The Morgan fingerprint density at radius 2 is 1.81 bits per heavy atom. The zero-order valence-electron chi connectivity index (χ0n) is 17.2. The Balaban J connectivity index is 1.75. The number of pyridine rings is 1. The molecule has 2 heterocycles. The summed E-state index contributed by atoms with van der Waals surface area (Å²) < 4.78 is 33.4. The summed E-state index contributed by atoms with van der Waals surface area (Å²) in [5.41, 5.74) is 1.67. The molecule has 2 aromatic carbocycles. The van der Waals surface area contributed by atoms with Gasteiger partial charge in [0, 0.05) is 29.6 Å². The molecule has 160 valence electrons. The van der Waals surface area contributed by atoms with Crippen molar-refractivity contribution in [3.05, 3.63) is 92.4 Å². The molecular weight excluding hydrogens is 432 g/mol. The van der Waals surface area contributed by atoms with Crippen LogP contribution in [0.3, 0.4) is 0 Å². The highest BCUT2D eigenvalue weighted by Gasteiger charge is 2.26. The Labute approximate surface area is 184 Å². The molecule has 31 heavy (non-hydrogen) atoms. The number of thiophene rings is 1. The van der Waals surface area contributed by atoms with Crippen LogP contribution >= 0.6 is 11.3 Å². The fraction of sp³-hybridized carbons (Fsp3) is 0.174. The largest absolute Gasteiger partial charge is 0.497 e. The maximum Gasteiger partial charge on any atom is 0.252 e. The first-order valence-corrected chi connectivity index (χ1v) is 12.0. The third kappa shape index (κ3) is 4.56. The van der Waals surface area contributed by atoms with Crippen molar-refractivity contribution >= 4 is 32.3 Å². The smallest absolute Gasteiger partial charge is 0.252 e. The Morgan fingerprint density at radius 1 is 1.03 bits per heavy atom. The van der Waals surface area contributed by atoms with Gasteiger partial charge in [-0.25, -0.2) is 8.42 Å². The lowest BCUT2D eigenvalue weighted by atomic mass is 10.1. The molecular formula is C23H22N2O4S2. The van der Waals surface area contributed by atoms with Crippen LogP contribution in [0.1, 0.15) is 16.0 Å². The predicted octanol–water partition coefficient (Wildman–Crippen LogP) is 4.30. The fourth-order valence-electron chi connectivity index (χ4n) is 3.32. The van der Waals surface area contributed by atoms with Gasteiger partial charge in [-0.3, -0.25) is 4.79 Å². The van der Waals surface area contributed by atoms with Gasteiger partial charge in [-0.15, -0.1) is 11.3 Å². The number of rotatable bonds is 7. The number of benzene rings is 2. The van der Waals surface area contributed by atoms with Crippen molar-refractivity contribution in [3.63, 3.8) is 0 Å².